The molecule has 3 heterocycles. The molecule has 174 valence electrons. The normalized spacial score (nSPS) is 20.8. The molecule has 4 aromatic rings. The number of nitrogens with zero attached hydrogens (tertiary/aromatic N) is 5. The number of nitrogen functional groups attached to an aromatic ring is 1. The summed E-state index contributed by atoms with van der Waals surface area (Å²) in [4.78, 5) is 12.1. The lowest BCUT2D eigenvalue weighted by molar-refractivity contribution is 0.244. The molecule has 0 bridgehead atoms. The van der Waals surface area contributed by atoms with Crippen LogP contribution in [0.4, 0.5) is 5.82 Å². The Labute approximate surface area is 199 Å². The summed E-state index contributed by atoms with van der Waals surface area (Å²) in [5, 5.41) is 4.57. The molecule has 34 heavy (non-hydrogen) atoms. The fraction of sp³-hybridized carbons (Fsp3) is 0.370. The van der Waals surface area contributed by atoms with Gasteiger partial charge in [-0.25, -0.2) is 14.5 Å². The number of fused-ring (bicyclic) bond motifs is 1. The highest BCUT2D eigenvalue weighted by Crippen LogP contribution is 2.40. The maximum atomic E-state index is 6.35. The first-order valence-corrected chi connectivity index (χ1v) is 12.3. The van der Waals surface area contributed by atoms with Crippen molar-refractivity contribution in [1.82, 2.24) is 24.5 Å². The van der Waals surface area contributed by atoms with Crippen LogP contribution in [0.3, 0.4) is 0 Å². The maximum absolute atomic E-state index is 6.35. The van der Waals surface area contributed by atoms with Crippen LogP contribution in [-0.4, -0.2) is 43.6 Å². The third kappa shape index (κ3) is 4.01. The number of anilines is 1. The van der Waals surface area contributed by atoms with Crippen molar-refractivity contribution in [1.29, 1.82) is 0 Å². The molecule has 2 aromatic carbocycles. The van der Waals surface area contributed by atoms with Gasteiger partial charge in [0.05, 0.1) is 0 Å². The summed E-state index contributed by atoms with van der Waals surface area (Å²) in [5.74, 6) is 2.62. The minimum absolute atomic E-state index is 0.374. The average Bonchev–Trinajstić information content (AvgIpc) is 3.63. The van der Waals surface area contributed by atoms with Crippen LogP contribution in [0, 0.1) is 0 Å². The van der Waals surface area contributed by atoms with Crippen LogP contribution >= 0.6 is 0 Å². The number of benzene rings is 2. The Kier molecular flexibility index (Phi) is 5.63. The fourth-order valence-corrected chi connectivity index (χ4v) is 5.55. The Hall–Kier alpha value is -3.45. The zero-order valence-electron chi connectivity index (χ0n) is 19.3. The second kappa shape index (κ2) is 9.06. The maximum Gasteiger partial charge on any atom is 0.153 e. The van der Waals surface area contributed by atoms with Crippen molar-refractivity contribution in [2.75, 3.05) is 18.8 Å². The molecule has 1 aliphatic carbocycles. The Bertz CT molecular complexity index is 1280. The van der Waals surface area contributed by atoms with Crippen LogP contribution in [-0.2, 0) is 6.61 Å². The predicted octanol–water partition coefficient (Wildman–Crippen LogP) is 4.68. The summed E-state index contributed by atoms with van der Waals surface area (Å²) < 4.78 is 7.99. The molecule has 2 aliphatic rings. The van der Waals surface area contributed by atoms with E-state index in [9.17, 15) is 0 Å². The van der Waals surface area contributed by atoms with Crippen LogP contribution in [0.25, 0.3) is 16.8 Å². The number of nitrogens with two attached hydrogens (primary N) is 1. The lowest BCUT2D eigenvalue weighted by Crippen LogP contribution is -2.30. The zero-order valence-corrected chi connectivity index (χ0v) is 19.3. The number of hydrogen-bond acceptors (Lipinski definition) is 6. The molecule has 7 heteroatoms. The molecule has 2 N–H and O–H groups in total. The molecule has 6 rings (SSSR count). The average molecular weight is 455 g/mol. The van der Waals surface area contributed by atoms with Gasteiger partial charge >= 0.3 is 0 Å². The number of aromatic nitrogens is 4. The van der Waals surface area contributed by atoms with Crippen molar-refractivity contribution < 1.29 is 4.74 Å². The largest absolute Gasteiger partial charge is 0.489 e. The van der Waals surface area contributed by atoms with E-state index in [1.807, 2.05) is 40.9 Å². The lowest BCUT2D eigenvalue weighted by atomic mass is 10.1. The van der Waals surface area contributed by atoms with E-state index in [0.29, 0.717) is 24.4 Å². The highest BCUT2D eigenvalue weighted by atomic mass is 16.5. The molecule has 0 amide bonds. The van der Waals surface area contributed by atoms with E-state index < -0.39 is 0 Å². The van der Waals surface area contributed by atoms with E-state index >= 15 is 0 Å². The SMILES string of the molecule is Nc1ncnn2c(C3CCC(N4CCCC4)C3)nc(-c3cccc(OCc4ccccc4)c3)c12. The van der Waals surface area contributed by atoms with E-state index in [0.717, 1.165) is 46.8 Å². The molecule has 0 spiro atoms. The topological polar surface area (TPSA) is 81.6 Å². The molecular formula is C27H30N6O. The Balaban J connectivity index is 1.31. The molecular weight excluding hydrogens is 424 g/mol. The summed E-state index contributed by atoms with van der Waals surface area (Å²) in [6, 6.07) is 18.9. The highest BCUT2D eigenvalue weighted by Gasteiger charge is 2.34. The summed E-state index contributed by atoms with van der Waals surface area (Å²) in [5.41, 5.74) is 10.1. The molecule has 2 unspecified atom stereocenters. The highest BCUT2D eigenvalue weighted by molar-refractivity contribution is 5.85. The van der Waals surface area contributed by atoms with E-state index in [1.165, 1.54) is 38.7 Å². The smallest absolute Gasteiger partial charge is 0.153 e. The molecule has 0 radical (unpaired) electrons. The molecule has 2 fully saturated rings. The molecule has 1 saturated carbocycles. The van der Waals surface area contributed by atoms with Gasteiger partial charge in [-0.1, -0.05) is 42.5 Å². The van der Waals surface area contributed by atoms with Crippen molar-refractivity contribution in [3.05, 3.63) is 72.3 Å². The number of likely N-dealkylation sites (tertiary alicyclic amines) is 1. The van der Waals surface area contributed by atoms with Crippen LogP contribution in [0.15, 0.2) is 60.9 Å². The first-order chi connectivity index (χ1) is 16.8. The van der Waals surface area contributed by atoms with Gasteiger partial charge in [0.1, 0.15) is 35.7 Å². The Morgan fingerprint density at radius 2 is 1.85 bits per heavy atom. The van der Waals surface area contributed by atoms with Gasteiger partial charge in [-0.3, -0.25) is 0 Å². The van der Waals surface area contributed by atoms with Gasteiger partial charge in [0.15, 0.2) is 5.82 Å². The third-order valence-corrected chi connectivity index (χ3v) is 7.27. The van der Waals surface area contributed by atoms with Gasteiger partial charge < -0.3 is 15.4 Å². The van der Waals surface area contributed by atoms with Crippen molar-refractivity contribution in [2.24, 2.45) is 0 Å². The number of ether oxygens (including phenoxy) is 1. The van der Waals surface area contributed by atoms with Gasteiger partial charge in [0.2, 0.25) is 0 Å². The number of imidazole rings is 1. The molecule has 1 saturated heterocycles. The van der Waals surface area contributed by atoms with Crippen molar-refractivity contribution in [3.63, 3.8) is 0 Å². The van der Waals surface area contributed by atoms with Gasteiger partial charge in [-0.15, -0.1) is 0 Å². The van der Waals surface area contributed by atoms with E-state index in [2.05, 4.69) is 33.2 Å². The predicted molar refractivity (Wildman–Crippen MR) is 133 cm³/mol. The second-order valence-electron chi connectivity index (χ2n) is 9.43. The monoisotopic (exact) mass is 454 g/mol. The van der Waals surface area contributed by atoms with Crippen LogP contribution in [0.1, 0.15) is 49.4 Å². The van der Waals surface area contributed by atoms with Crippen molar-refractivity contribution in [2.45, 2.75) is 50.7 Å². The van der Waals surface area contributed by atoms with E-state index in [-0.39, 0.29) is 0 Å². The van der Waals surface area contributed by atoms with E-state index in [1.54, 1.807) is 0 Å². The van der Waals surface area contributed by atoms with Crippen LogP contribution in [0.2, 0.25) is 0 Å². The quantitative estimate of drug-likeness (QED) is 0.455. The first-order valence-electron chi connectivity index (χ1n) is 12.3. The van der Waals surface area contributed by atoms with Gasteiger partial charge in [-0.2, -0.15) is 5.10 Å². The van der Waals surface area contributed by atoms with Gasteiger partial charge in [0, 0.05) is 17.5 Å². The fourth-order valence-electron chi connectivity index (χ4n) is 5.55. The summed E-state index contributed by atoms with van der Waals surface area (Å²) in [6.07, 6.45) is 7.66. The van der Waals surface area contributed by atoms with Crippen LogP contribution in [0.5, 0.6) is 5.75 Å². The summed E-state index contributed by atoms with van der Waals surface area (Å²) in [7, 11) is 0. The minimum Gasteiger partial charge on any atom is -0.489 e. The summed E-state index contributed by atoms with van der Waals surface area (Å²) >= 11 is 0. The van der Waals surface area contributed by atoms with E-state index in [4.69, 9.17) is 15.5 Å². The lowest BCUT2D eigenvalue weighted by Gasteiger charge is -2.23. The zero-order chi connectivity index (χ0) is 22.9. The number of rotatable bonds is 6. The summed E-state index contributed by atoms with van der Waals surface area (Å²) in [6.45, 7) is 2.98. The first kappa shape index (κ1) is 21.1. The third-order valence-electron chi connectivity index (χ3n) is 7.27. The second-order valence-corrected chi connectivity index (χ2v) is 9.43. The van der Waals surface area contributed by atoms with Crippen LogP contribution < -0.4 is 10.5 Å². The van der Waals surface area contributed by atoms with Gasteiger partial charge in [-0.05, 0) is 62.9 Å². The Morgan fingerprint density at radius 3 is 2.71 bits per heavy atom. The molecule has 2 atom stereocenters. The molecule has 2 aromatic heterocycles. The number of hydrogen-bond donors (Lipinski definition) is 1. The molecule has 1 aliphatic heterocycles. The van der Waals surface area contributed by atoms with Gasteiger partial charge in [0.25, 0.3) is 0 Å². The minimum atomic E-state index is 0.374. The molecule has 7 nitrogen and oxygen atoms in total. The Morgan fingerprint density at radius 1 is 1.00 bits per heavy atom. The standard InChI is InChI=1S/C27H30N6O/c28-26-25-24(20-9-6-10-23(16-20)34-17-19-7-2-1-3-8-19)31-27(33(25)30-18-29-26)21-11-12-22(15-21)32-13-4-5-14-32/h1-3,6-10,16,18,21-22H,4-5,11-15,17H2,(H2,28,29,30). The van der Waals surface area contributed by atoms with Crippen molar-refractivity contribution in [3.8, 4) is 17.0 Å². The van der Waals surface area contributed by atoms with Crippen molar-refractivity contribution >= 4 is 11.3 Å².